The second-order valence-corrected chi connectivity index (χ2v) is 11.2. The summed E-state index contributed by atoms with van der Waals surface area (Å²) in [5.41, 5.74) is 20.9. The highest BCUT2D eigenvalue weighted by Crippen LogP contribution is 2.42. The second-order valence-electron chi connectivity index (χ2n) is 10.3. The molecule has 222 valence electrons. The van der Waals surface area contributed by atoms with Gasteiger partial charge in [0.25, 0.3) is 0 Å². The Morgan fingerprint density at radius 3 is 2.71 bits per heavy atom. The van der Waals surface area contributed by atoms with Gasteiger partial charge in [-0.3, -0.25) is 14.7 Å². The van der Waals surface area contributed by atoms with Crippen molar-refractivity contribution in [1.29, 1.82) is 0 Å². The van der Waals surface area contributed by atoms with Crippen molar-refractivity contribution in [3.63, 3.8) is 0 Å². The molecule has 2 aromatic rings. The van der Waals surface area contributed by atoms with Gasteiger partial charge < -0.3 is 22.5 Å². The Morgan fingerprint density at radius 1 is 1.20 bits per heavy atom. The van der Waals surface area contributed by atoms with Gasteiger partial charge in [0.15, 0.2) is 11.7 Å². The number of carbonyl (C=O) groups is 1. The summed E-state index contributed by atoms with van der Waals surface area (Å²) in [6.45, 7) is 2.10. The summed E-state index contributed by atoms with van der Waals surface area (Å²) in [4.78, 5) is 22.8. The number of halogens is 5. The van der Waals surface area contributed by atoms with Crippen LogP contribution in [-0.2, 0) is 23.8 Å². The third kappa shape index (κ3) is 7.91. The van der Waals surface area contributed by atoms with E-state index < -0.39 is 22.9 Å². The van der Waals surface area contributed by atoms with E-state index in [1.54, 1.807) is 0 Å². The van der Waals surface area contributed by atoms with Gasteiger partial charge in [0.05, 0.1) is 11.1 Å². The molecule has 13 heteroatoms. The van der Waals surface area contributed by atoms with E-state index in [-0.39, 0.29) is 17.9 Å². The summed E-state index contributed by atoms with van der Waals surface area (Å²) >= 11 is 12.0. The van der Waals surface area contributed by atoms with E-state index in [2.05, 4.69) is 20.2 Å². The normalized spacial score (nSPS) is 17.7. The number of guanidine groups is 1. The highest BCUT2D eigenvalue weighted by Gasteiger charge is 2.36. The fourth-order valence-electron chi connectivity index (χ4n) is 5.50. The van der Waals surface area contributed by atoms with Crippen LogP contribution in [0.15, 0.2) is 40.9 Å². The molecule has 0 saturated heterocycles. The van der Waals surface area contributed by atoms with E-state index >= 15 is 0 Å². The van der Waals surface area contributed by atoms with Gasteiger partial charge in [0.2, 0.25) is 5.91 Å². The lowest BCUT2D eigenvalue weighted by molar-refractivity contribution is -0.141. The summed E-state index contributed by atoms with van der Waals surface area (Å²) < 4.78 is 39.8. The number of hydrogen-bond acceptors (Lipinski definition) is 5. The minimum absolute atomic E-state index is 0.00373. The first-order chi connectivity index (χ1) is 19.4. The number of nitrogens with two attached hydrogens (primary N) is 3. The Hall–Kier alpha value is -2.86. The number of aryl methyl sites for hydroxylation is 1. The van der Waals surface area contributed by atoms with Gasteiger partial charge in [-0.05, 0) is 91.6 Å². The van der Waals surface area contributed by atoms with Crippen LogP contribution in [-0.4, -0.2) is 60.0 Å². The summed E-state index contributed by atoms with van der Waals surface area (Å²) in [6, 6.07) is 7.87. The first-order valence-corrected chi connectivity index (χ1v) is 14.3. The maximum Gasteiger partial charge on any atom is 0.434 e. The number of rotatable bonds is 11. The fraction of sp³-hybridized carbons (Fsp3) is 0.464. The monoisotopic (exact) mass is 611 g/mol. The van der Waals surface area contributed by atoms with E-state index in [1.807, 2.05) is 18.2 Å². The number of pyridine rings is 1. The molecule has 2 heterocycles. The van der Waals surface area contributed by atoms with Crippen molar-refractivity contribution in [3.8, 4) is 0 Å². The molecule has 0 fully saturated rings. The minimum Gasteiger partial charge on any atom is -0.370 e. The summed E-state index contributed by atoms with van der Waals surface area (Å²) in [6.07, 6.45) is -1.10. The van der Waals surface area contributed by atoms with Crippen LogP contribution in [0.1, 0.15) is 48.2 Å². The first kappa shape index (κ1) is 31.1. The van der Waals surface area contributed by atoms with Gasteiger partial charge >= 0.3 is 6.18 Å². The molecule has 41 heavy (non-hydrogen) atoms. The second kappa shape index (κ2) is 13.4. The molecule has 1 unspecified atom stereocenters. The molecule has 1 aliphatic carbocycles. The highest BCUT2D eigenvalue weighted by atomic mass is 35.5. The van der Waals surface area contributed by atoms with Crippen LogP contribution >= 0.6 is 23.2 Å². The van der Waals surface area contributed by atoms with Crippen molar-refractivity contribution < 1.29 is 18.0 Å². The molecule has 2 aliphatic rings. The van der Waals surface area contributed by atoms with Crippen LogP contribution < -0.4 is 22.5 Å². The molecule has 0 saturated carbocycles. The SMILES string of the molecule is NC(N)=NCCC[C@H](N)C(=O)NCC1C2=C(CCN1CCCc1ccc(Cl)c(C(F)(F)F)n1)c1cc(Cl)ccc1C2. The molecule has 1 aromatic heterocycles. The number of carbonyl (C=O) groups excluding carboxylic acids is 1. The van der Waals surface area contributed by atoms with Crippen molar-refractivity contribution in [2.24, 2.45) is 22.2 Å². The molecule has 1 amide bonds. The van der Waals surface area contributed by atoms with Crippen molar-refractivity contribution in [1.82, 2.24) is 15.2 Å². The summed E-state index contributed by atoms with van der Waals surface area (Å²) in [5, 5.41) is 3.28. The zero-order chi connectivity index (χ0) is 29.7. The topological polar surface area (TPSA) is 136 Å². The molecule has 0 bridgehead atoms. The average Bonchev–Trinajstić information content (AvgIpc) is 3.28. The molecule has 2 atom stereocenters. The van der Waals surface area contributed by atoms with E-state index in [1.165, 1.54) is 28.8 Å². The molecule has 1 aromatic carbocycles. The first-order valence-electron chi connectivity index (χ1n) is 13.5. The molecule has 4 rings (SSSR count). The van der Waals surface area contributed by atoms with Crippen LogP contribution in [0.2, 0.25) is 10.0 Å². The molecular formula is C28H34Cl2F3N7O. The molecule has 1 aliphatic heterocycles. The number of hydrogen-bond donors (Lipinski definition) is 4. The van der Waals surface area contributed by atoms with Crippen molar-refractivity contribution >= 4 is 40.6 Å². The molecule has 7 N–H and O–H groups in total. The zero-order valence-corrected chi connectivity index (χ0v) is 24.0. The highest BCUT2D eigenvalue weighted by molar-refractivity contribution is 6.31. The maximum absolute atomic E-state index is 13.3. The Kier molecular flexibility index (Phi) is 10.2. The summed E-state index contributed by atoms with van der Waals surface area (Å²) in [7, 11) is 0. The number of nitrogens with one attached hydrogen (secondary N) is 1. The van der Waals surface area contributed by atoms with Gasteiger partial charge in [-0.25, -0.2) is 4.98 Å². The van der Waals surface area contributed by atoms with Crippen LogP contribution in [0.3, 0.4) is 0 Å². The van der Waals surface area contributed by atoms with Gasteiger partial charge in [0, 0.05) is 36.4 Å². The lowest BCUT2D eigenvalue weighted by Gasteiger charge is -2.38. The zero-order valence-electron chi connectivity index (χ0n) is 22.5. The van der Waals surface area contributed by atoms with Gasteiger partial charge in [0.1, 0.15) is 0 Å². The van der Waals surface area contributed by atoms with E-state index in [0.717, 1.165) is 24.9 Å². The number of benzene rings is 1. The maximum atomic E-state index is 13.3. The Labute approximate surface area is 247 Å². The van der Waals surface area contributed by atoms with Crippen LogP contribution in [0.5, 0.6) is 0 Å². The number of amides is 1. The number of alkyl halides is 3. The van der Waals surface area contributed by atoms with Gasteiger partial charge in [-0.1, -0.05) is 29.3 Å². The molecule has 8 nitrogen and oxygen atoms in total. The fourth-order valence-corrected chi connectivity index (χ4v) is 5.88. The third-order valence-electron chi connectivity index (χ3n) is 7.48. The Balaban J connectivity index is 1.44. The largest absolute Gasteiger partial charge is 0.434 e. The average molecular weight is 613 g/mol. The van der Waals surface area contributed by atoms with E-state index in [0.29, 0.717) is 56.0 Å². The van der Waals surface area contributed by atoms with Crippen LogP contribution in [0.25, 0.3) is 5.57 Å². The number of aromatic nitrogens is 1. The lowest BCUT2D eigenvalue weighted by atomic mass is 9.92. The smallest absolute Gasteiger partial charge is 0.370 e. The number of fused-ring (bicyclic) bond motifs is 2. The van der Waals surface area contributed by atoms with Crippen LogP contribution in [0, 0.1) is 0 Å². The summed E-state index contributed by atoms with van der Waals surface area (Å²) in [5.74, 6) is -0.262. The van der Waals surface area contributed by atoms with Crippen molar-refractivity contribution in [3.05, 3.63) is 68.5 Å². The van der Waals surface area contributed by atoms with Crippen molar-refractivity contribution in [2.75, 3.05) is 26.2 Å². The number of aliphatic imine (C=N–C) groups is 1. The molecule has 0 radical (unpaired) electrons. The van der Waals surface area contributed by atoms with Crippen LogP contribution in [0.4, 0.5) is 13.2 Å². The van der Waals surface area contributed by atoms with Gasteiger partial charge in [-0.15, -0.1) is 0 Å². The Bertz CT molecular complexity index is 1330. The standard InChI is InChI=1S/C28H34Cl2F3N7O/c29-17-6-5-16-13-21-19(20(16)14-17)9-12-40(11-2-3-18-7-8-22(30)25(39-18)28(31,32)33)24(21)15-38-26(41)23(34)4-1-10-37-27(35)36/h5-8,14,23-24H,1-4,9-13,15,34H2,(H,38,41)(H4,35,36,37)/t23-,24?/m0/s1. The quantitative estimate of drug-likeness (QED) is 0.173. The molecular weight excluding hydrogens is 578 g/mol. The van der Waals surface area contributed by atoms with E-state index in [9.17, 15) is 18.0 Å². The predicted octanol–water partition coefficient (Wildman–Crippen LogP) is 3.92. The Morgan fingerprint density at radius 2 is 1.98 bits per heavy atom. The number of nitrogens with zero attached hydrogens (tertiary/aromatic N) is 3. The predicted molar refractivity (Wildman–Crippen MR) is 156 cm³/mol. The van der Waals surface area contributed by atoms with E-state index in [4.69, 9.17) is 40.4 Å². The molecule has 0 spiro atoms. The lowest BCUT2D eigenvalue weighted by Crippen LogP contribution is -2.50. The van der Waals surface area contributed by atoms with Crippen molar-refractivity contribution in [2.45, 2.75) is 56.8 Å². The third-order valence-corrected chi connectivity index (χ3v) is 8.02. The minimum atomic E-state index is -4.61. The van der Waals surface area contributed by atoms with Gasteiger partial charge in [-0.2, -0.15) is 13.2 Å².